The summed E-state index contributed by atoms with van der Waals surface area (Å²) in [6, 6.07) is 10.7. The van der Waals surface area contributed by atoms with Crippen LogP contribution >= 0.6 is 0 Å². The molecule has 0 aliphatic carbocycles. The van der Waals surface area contributed by atoms with E-state index in [2.05, 4.69) is 4.90 Å². The number of aryl methyl sites for hydroxylation is 1. The van der Waals surface area contributed by atoms with E-state index in [1.54, 1.807) is 25.1 Å². The van der Waals surface area contributed by atoms with E-state index < -0.39 is 23.0 Å². The van der Waals surface area contributed by atoms with Crippen molar-refractivity contribution in [1.82, 2.24) is 14.5 Å². The van der Waals surface area contributed by atoms with E-state index in [1.165, 1.54) is 29.0 Å². The smallest absolute Gasteiger partial charge is 0.255 e. The van der Waals surface area contributed by atoms with Gasteiger partial charge in [-0.15, -0.1) is 0 Å². The fourth-order valence-corrected chi connectivity index (χ4v) is 4.55. The molecule has 3 heterocycles. The van der Waals surface area contributed by atoms with Gasteiger partial charge in [-0.3, -0.25) is 9.36 Å². The Bertz CT molecular complexity index is 1430. The Balaban J connectivity index is 1.68. The molecule has 0 unspecified atom stereocenters. The first kappa shape index (κ1) is 23.1. The van der Waals surface area contributed by atoms with Crippen molar-refractivity contribution < 1.29 is 17.6 Å². The summed E-state index contributed by atoms with van der Waals surface area (Å²) < 4.78 is 50.4. The lowest BCUT2D eigenvalue weighted by Crippen LogP contribution is -2.29. The van der Waals surface area contributed by atoms with Gasteiger partial charge in [0.1, 0.15) is 23.1 Å². The predicted octanol–water partition coefficient (Wildman–Crippen LogP) is 5.69. The highest BCUT2D eigenvalue weighted by Gasteiger charge is 2.27. The number of oxazole rings is 1. The number of hydrogen-bond donors (Lipinski definition) is 0. The molecule has 1 aliphatic heterocycles. The van der Waals surface area contributed by atoms with Gasteiger partial charge in [-0.05, 0) is 69.7 Å². The first-order valence-electron chi connectivity index (χ1n) is 11.4. The molecule has 0 atom stereocenters. The number of rotatable bonds is 4. The zero-order valence-electron chi connectivity index (χ0n) is 19.4. The van der Waals surface area contributed by atoms with Crippen LogP contribution in [0, 0.1) is 24.4 Å². The zero-order valence-corrected chi connectivity index (χ0v) is 19.4. The molecular formula is C27H24F3N3O2. The number of halogens is 3. The van der Waals surface area contributed by atoms with Crippen LogP contribution in [0.2, 0.25) is 0 Å². The van der Waals surface area contributed by atoms with Crippen molar-refractivity contribution in [2.24, 2.45) is 0 Å². The van der Waals surface area contributed by atoms with Crippen LogP contribution in [0.1, 0.15) is 30.2 Å². The van der Waals surface area contributed by atoms with E-state index in [9.17, 15) is 18.0 Å². The third kappa shape index (κ3) is 4.41. The van der Waals surface area contributed by atoms with Gasteiger partial charge in [0.2, 0.25) is 0 Å². The van der Waals surface area contributed by atoms with Crippen LogP contribution in [-0.4, -0.2) is 34.6 Å². The van der Waals surface area contributed by atoms with E-state index >= 15 is 0 Å². The summed E-state index contributed by atoms with van der Waals surface area (Å²) in [5, 5.41) is 0. The van der Waals surface area contributed by atoms with E-state index in [4.69, 9.17) is 9.40 Å². The average molecular weight is 480 g/mol. The van der Waals surface area contributed by atoms with Crippen molar-refractivity contribution in [3.8, 4) is 28.3 Å². The fraction of sp³-hybridized carbons (Fsp3) is 0.259. The van der Waals surface area contributed by atoms with Crippen LogP contribution in [0.15, 0.2) is 63.9 Å². The Morgan fingerprint density at radius 3 is 2.49 bits per heavy atom. The summed E-state index contributed by atoms with van der Waals surface area (Å²) in [6.07, 6.45) is 3.14. The molecule has 0 radical (unpaired) electrons. The van der Waals surface area contributed by atoms with Gasteiger partial charge in [0.15, 0.2) is 11.7 Å². The van der Waals surface area contributed by atoms with E-state index in [-0.39, 0.29) is 22.9 Å². The Kier molecular flexibility index (Phi) is 6.06. The minimum absolute atomic E-state index is 0.0435. The lowest BCUT2D eigenvalue weighted by atomic mass is 9.97. The zero-order chi connectivity index (χ0) is 24.7. The number of piperidine rings is 1. The Hall–Kier alpha value is -3.65. The summed E-state index contributed by atoms with van der Waals surface area (Å²) >= 11 is 0. The van der Waals surface area contributed by atoms with Gasteiger partial charge in [-0.2, -0.15) is 0 Å². The molecule has 1 fully saturated rings. The first-order chi connectivity index (χ1) is 16.8. The number of aromatic nitrogens is 2. The minimum atomic E-state index is -0.782. The Labute approximate surface area is 200 Å². The van der Waals surface area contributed by atoms with Crippen molar-refractivity contribution in [3.05, 3.63) is 94.0 Å². The molecule has 2 aromatic carbocycles. The second kappa shape index (κ2) is 9.19. The maximum atomic E-state index is 14.8. The molecule has 0 spiro atoms. The van der Waals surface area contributed by atoms with Gasteiger partial charge >= 0.3 is 0 Å². The Morgan fingerprint density at radius 1 is 1.00 bits per heavy atom. The topological polar surface area (TPSA) is 51.3 Å². The number of hydrogen-bond acceptors (Lipinski definition) is 4. The molecule has 1 saturated heterocycles. The molecule has 0 saturated carbocycles. The van der Waals surface area contributed by atoms with Crippen LogP contribution in [0.3, 0.4) is 0 Å². The molecule has 5 rings (SSSR count). The largest absolute Gasteiger partial charge is 0.440 e. The molecule has 35 heavy (non-hydrogen) atoms. The minimum Gasteiger partial charge on any atom is -0.440 e. The van der Waals surface area contributed by atoms with Crippen molar-refractivity contribution in [3.63, 3.8) is 0 Å². The van der Waals surface area contributed by atoms with Crippen LogP contribution < -0.4 is 5.56 Å². The number of benzene rings is 2. The quantitative estimate of drug-likeness (QED) is 0.377. The van der Waals surface area contributed by atoms with Crippen molar-refractivity contribution in [2.75, 3.05) is 20.1 Å². The van der Waals surface area contributed by atoms with Crippen LogP contribution in [0.4, 0.5) is 13.2 Å². The van der Waals surface area contributed by atoms with Crippen molar-refractivity contribution in [2.45, 2.75) is 25.7 Å². The third-order valence-electron chi connectivity index (χ3n) is 6.50. The lowest BCUT2D eigenvalue weighted by molar-refractivity contribution is 0.238. The summed E-state index contributed by atoms with van der Waals surface area (Å²) in [5.41, 5.74) is 1.12. The normalized spacial score (nSPS) is 15.0. The standard InChI is InChI=1S/C27H24F3N3O2/c1-16-4-3-5-21(29)25(16)33-15-18(6-9-23(33)34)24-26(20-8-7-19(28)14-22(20)30)35-27(31-24)17-10-12-32(2)13-11-17/h3-9,14-15,17H,10-13H2,1-2H3. The predicted molar refractivity (Wildman–Crippen MR) is 127 cm³/mol. The summed E-state index contributed by atoms with van der Waals surface area (Å²) in [7, 11) is 2.05. The highest BCUT2D eigenvalue weighted by molar-refractivity contribution is 5.77. The van der Waals surface area contributed by atoms with Crippen molar-refractivity contribution >= 4 is 0 Å². The van der Waals surface area contributed by atoms with Crippen LogP contribution in [0.25, 0.3) is 28.3 Å². The van der Waals surface area contributed by atoms with Crippen LogP contribution in [0.5, 0.6) is 0 Å². The lowest BCUT2D eigenvalue weighted by Gasteiger charge is -2.26. The molecule has 5 nitrogen and oxygen atoms in total. The molecular weight excluding hydrogens is 455 g/mol. The molecule has 1 aliphatic rings. The first-order valence-corrected chi connectivity index (χ1v) is 11.4. The number of nitrogens with zero attached hydrogens (tertiary/aromatic N) is 3. The SMILES string of the molecule is Cc1cccc(F)c1-n1cc(-c2nc(C3CCN(C)CC3)oc2-c2ccc(F)cc2F)ccc1=O. The number of para-hydroxylation sites is 1. The second-order valence-corrected chi connectivity index (χ2v) is 8.96. The van der Waals surface area contributed by atoms with Gasteiger partial charge in [0.25, 0.3) is 5.56 Å². The van der Waals surface area contributed by atoms with E-state index in [0.717, 1.165) is 38.1 Å². The highest BCUT2D eigenvalue weighted by Crippen LogP contribution is 2.38. The van der Waals surface area contributed by atoms with E-state index in [1.807, 2.05) is 7.05 Å². The monoisotopic (exact) mass is 479 g/mol. The Morgan fingerprint density at radius 2 is 1.77 bits per heavy atom. The molecule has 180 valence electrons. The molecule has 0 bridgehead atoms. The fourth-order valence-electron chi connectivity index (χ4n) is 4.55. The van der Waals surface area contributed by atoms with Gasteiger partial charge < -0.3 is 9.32 Å². The number of pyridine rings is 1. The van der Waals surface area contributed by atoms with Crippen LogP contribution in [-0.2, 0) is 0 Å². The maximum absolute atomic E-state index is 14.8. The molecule has 0 N–H and O–H groups in total. The van der Waals surface area contributed by atoms with Crippen molar-refractivity contribution in [1.29, 1.82) is 0 Å². The molecule has 0 amide bonds. The molecule has 8 heteroatoms. The maximum Gasteiger partial charge on any atom is 0.255 e. The highest BCUT2D eigenvalue weighted by atomic mass is 19.1. The van der Waals surface area contributed by atoms with E-state index in [0.29, 0.717) is 22.7 Å². The van der Waals surface area contributed by atoms with Gasteiger partial charge in [-0.25, -0.2) is 18.2 Å². The molecule has 4 aromatic rings. The van der Waals surface area contributed by atoms with Gasteiger partial charge in [0.05, 0.1) is 11.3 Å². The third-order valence-corrected chi connectivity index (χ3v) is 6.50. The summed E-state index contributed by atoms with van der Waals surface area (Å²) in [4.78, 5) is 19.6. The average Bonchev–Trinajstić information content (AvgIpc) is 3.25. The summed E-state index contributed by atoms with van der Waals surface area (Å²) in [6.45, 7) is 3.46. The summed E-state index contributed by atoms with van der Waals surface area (Å²) in [5.74, 6) is -1.37. The van der Waals surface area contributed by atoms with Gasteiger partial charge in [0, 0.05) is 29.8 Å². The molecule has 2 aromatic heterocycles. The van der Waals surface area contributed by atoms with Gasteiger partial charge in [-0.1, -0.05) is 12.1 Å². The second-order valence-electron chi connectivity index (χ2n) is 8.96. The number of likely N-dealkylation sites (tertiary alicyclic amines) is 1.